The minimum atomic E-state index is -2.68. The Morgan fingerprint density at radius 1 is 1.41 bits per heavy atom. The van der Waals surface area contributed by atoms with Crippen molar-refractivity contribution in [1.29, 1.82) is 0 Å². The summed E-state index contributed by atoms with van der Waals surface area (Å²) in [6, 6.07) is 2.95. The predicted octanol–water partition coefficient (Wildman–Crippen LogP) is 1.89. The number of carbonyl (C=O) groups excluding carboxylic acids is 1. The molecule has 9 nitrogen and oxygen atoms in total. The maximum atomic E-state index is 12.8. The molecule has 0 radical (unpaired) electrons. The van der Waals surface area contributed by atoms with E-state index in [4.69, 9.17) is 16.3 Å². The zero-order valence-electron chi connectivity index (χ0n) is 14.0. The topological polar surface area (TPSA) is 99.8 Å². The number of alkyl halides is 2. The van der Waals surface area contributed by atoms with Crippen molar-refractivity contribution >= 4 is 17.5 Å². The van der Waals surface area contributed by atoms with Gasteiger partial charge in [0.05, 0.1) is 23.4 Å². The van der Waals surface area contributed by atoms with Gasteiger partial charge in [-0.25, -0.2) is 4.98 Å². The minimum absolute atomic E-state index is 0.109. The molecule has 0 atom stereocenters. The molecule has 0 unspecified atom stereocenters. The lowest BCUT2D eigenvalue weighted by atomic mass is 10.1. The smallest absolute Gasteiger partial charge is 0.319 e. The normalized spacial score (nSPS) is 11.0. The van der Waals surface area contributed by atoms with Gasteiger partial charge in [0.25, 0.3) is 5.91 Å². The molecule has 2 heterocycles. The lowest BCUT2D eigenvalue weighted by molar-refractivity contribution is 0.0670. The van der Waals surface area contributed by atoms with Crippen LogP contribution in [0.2, 0.25) is 5.02 Å². The average molecular weight is 398 g/mol. The number of hydrogen-bond donors (Lipinski definition) is 1. The van der Waals surface area contributed by atoms with Crippen LogP contribution < -0.4 is 10.1 Å². The maximum Gasteiger partial charge on any atom is 0.319 e. The third-order valence-electron chi connectivity index (χ3n) is 3.70. The van der Waals surface area contributed by atoms with E-state index in [1.807, 2.05) is 0 Å². The highest BCUT2D eigenvalue weighted by molar-refractivity contribution is 6.33. The van der Waals surface area contributed by atoms with E-state index in [1.54, 1.807) is 0 Å². The zero-order chi connectivity index (χ0) is 19.4. The largest absolute Gasteiger partial charge is 0.496 e. The maximum absolute atomic E-state index is 12.8. The van der Waals surface area contributed by atoms with Crippen LogP contribution in [0.25, 0.3) is 5.69 Å². The van der Waals surface area contributed by atoms with Crippen LogP contribution in [0.15, 0.2) is 30.9 Å². The summed E-state index contributed by atoms with van der Waals surface area (Å²) in [7, 11) is 1.41. The summed E-state index contributed by atoms with van der Waals surface area (Å²) in [5, 5.41) is 13.7. The van der Waals surface area contributed by atoms with E-state index in [9.17, 15) is 13.6 Å². The van der Waals surface area contributed by atoms with Gasteiger partial charge in [0.1, 0.15) is 17.9 Å². The van der Waals surface area contributed by atoms with Crippen LogP contribution in [0.5, 0.6) is 5.75 Å². The van der Waals surface area contributed by atoms with Crippen LogP contribution >= 0.6 is 11.6 Å². The van der Waals surface area contributed by atoms with Gasteiger partial charge in [-0.15, -0.1) is 5.10 Å². The Morgan fingerprint density at radius 2 is 2.22 bits per heavy atom. The first-order valence-electron chi connectivity index (χ1n) is 7.70. The number of ether oxygens (including phenoxy) is 1. The first kappa shape index (κ1) is 18.7. The van der Waals surface area contributed by atoms with Crippen LogP contribution in [-0.2, 0) is 6.42 Å². The summed E-state index contributed by atoms with van der Waals surface area (Å²) < 4.78 is 32.9. The molecule has 0 fully saturated rings. The summed E-state index contributed by atoms with van der Waals surface area (Å²) in [6.45, 7) is -2.58. The molecule has 0 bridgehead atoms. The zero-order valence-corrected chi connectivity index (χ0v) is 14.8. The van der Waals surface area contributed by atoms with Crippen LogP contribution in [-0.4, -0.2) is 49.3 Å². The highest BCUT2D eigenvalue weighted by Gasteiger charge is 2.18. The molecule has 3 rings (SSSR count). The van der Waals surface area contributed by atoms with Crippen LogP contribution in [0.4, 0.5) is 8.78 Å². The quantitative estimate of drug-likeness (QED) is 0.653. The molecule has 2 aromatic heterocycles. The van der Waals surface area contributed by atoms with Gasteiger partial charge < -0.3 is 10.1 Å². The van der Waals surface area contributed by atoms with Gasteiger partial charge in [-0.1, -0.05) is 11.6 Å². The molecule has 1 amide bonds. The Kier molecular flexibility index (Phi) is 5.60. The summed E-state index contributed by atoms with van der Waals surface area (Å²) in [4.78, 5) is 16.3. The van der Waals surface area contributed by atoms with Gasteiger partial charge in [0, 0.05) is 31.4 Å². The summed E-state index contributed by atoms with van der Waals surface area (Å²) in [5.74, 6) is -0.0343. The second kappa shape index (κ2) is 8.08. The third-order valence-corrected chi connectivity index (χ3v) is 4.01. The highest BCUT2D eigenvalue weighted by Crippen LogP contribution is 2.29. The molecule has 0 saturated heterocycles. The van der Waals surface area contributed by atoms with Gasteiger partial charge in [-0.3, -0.25) is 9.36 Å². The van der Waals surface area contributed by atoms with E-state index in [0.29, 0.717) is 5.69 Å². The molecular weight excluding hydrogens is 384 g/mol. The highest BCUT2D eigenvalue weighted by atomic mass is 35.5. The Morgan fingerprint density at radius 3 is 2.89 bits per heavy atom. The van der Waals surface area contributed by atoms with Crippen LogP contribution in [0, 0.1) is 0 Å². The van der Waals surface area contributed by atoms with E-state index in [0.717, 1.165) is 4.57 Å². The number of imidazole rings is 1. The molecule has 142 valence electrons. The van der Waals surface area contributed by atoms with Crippen molar-refractivity contribution in [1.82, 2.24) is 35.1 Å². The Bertz CT molecular complexity index is 930. The molecular formula is C15H14ClF2N7O2. The van der Waals surface area contributed by atoms with Crippen molar-refractivity contribution < 1.29 is 18.3 Å². The fraction of sp³-hybridized carbons (Fsp3) is 0.267. The second-order valence-corrected chi connectivity index (χ2v) is 5.70. The lowest BCUT2D eigenvalue weighted by Gasteiger charge is -2.12. The molecule has 0 aliphatic carbocycles. The molecule has 27 heavy (non-hydrogen) atoms. The van der Waals surface area contributed by atoms with E-state index in [-0.39, 0.29) is 35.1 Å². The SMILES string of the molecule is COc1cc(-n2cnnn2)c(Cl)cc1C(=O)NCCc1nccn1C(F)F. The monoisotopic (exact) mass is 397 g/mol. The van der Waals surface area contributed by atoms with E-state index in [1.165, 1.54) is 42.6 Å². The number of hydrogen-bond acceptors (Lipinski definition) is 6. The number of amides is 1. The lowest BCUT2D eigenvalue weighted by Crippen LogP contribution is -2.27. The Balaban J connectivity index is 1.72. The summed E-state index contributed by atoms with van der Waals surface area (Å²) >= 11 is 6.22. The van der Waals surface area contributed by atoms with Crippen LogP contribution in [0.3, 0.4) is 0 Å². The Labute approximate surface area is 156 Å². The second-order valence-electron chi connectivity index (χ2n) is 5.29. The molecule has 0 saturated carbocycles. The third kappa shape index (κ3) is 4.03. The number of tetrazole rings is 1. The van der Waals surface area contributed by atoms with Crippen molar-refractivity contribution in [3.63, 3.8) is 0 Å². The van der Waals surface area contributed by atoms with Crippen LogP contribution in [0.1, 0.15) is 22.7 Å². The fourth-order valence-electron chi connectivity index (χ4n) is 2.43. The minimum Gasteiger partial charge on any atom is -0.496 e. The molecule has 12 heteroatoms. The molecule has 0 spiro atoms. The number of nitrogens with one attached hydrogen (secondary N) is 1. The molecule has 0 aliphatic rings. The summed E-state index contributed by atoms with van der Waals surface area (Å²) in [6.07, 6.45) is 3.96. The average Bonchev–Trinajstić information content (AvgIpc) is 3.33. The number of nitrogens with zero attached hydrogens (tertiary/aromatic N) is 6. The number of benzene rings is 1. The van der Waals surface area contributed by atoms with Crippen molar-refractivity contribution in [2.45, 2.75) is 13.0 Å². The molecule has 1 N–H and O–H groups in total. The van der Waals surface area contributed by atoms with Gasteiger partial charge in [-0.05, 0) is 16.5 Å². The van der Waals surface area contributed by atoms with Gasteiger partial charge >= 0.3 is 6.55 Å². The van der Waals surface area contributed by atoms with Crippen molar-refractivity contribution in [2.24, 2.45) is 0 Å². The van der Waals surface area contributed by atoms with Gasteiger partial charge in [0.2, 0.25) is 0 Å². The standard InChI is InChI=1S/C15H14ClF2N7O2/c1-27-12-7-11(25-8-21-22-23-25)10(16)6-9(12)14(26)20-3-2-13-19-4-5-24(13)15(17)18/h4-8,15H,2-3H2,1H3,(H,20,26). The molecule has 1 aromatic carbocycles. The van der Waals surface area contributed by atoms with Gasteiger partial charge in [-0.2, -0.15) is 13.5 Å². The number of aromatic nitrogens is 6. The first-order valence-corrected chi connectivity index (χ1v) is 8.08. The van der Waals surface area contributed by atoms with E-state index >= 15 is 0 Å². The van der Waals surface area contributed by atoms with E-state index in [2.05, 4.69) is 25.8 Å². The first-order chi connectivity index (χ1) is 13.0. The van der Waals surface area contributed by atoms with Crippen molar-refractivity contribution in [2.75, 3.05) is 13.7 Å². The summed E-state index contributed by atoms with van der Waals surface area (Å²) in [5.41, 5.74) is 0.630. The van der Waals surface area contributed by atoms with Crippen molar-refractivity contribution in [3.8, 4) is 11.4 Å². The fourth-order valence-corrected chi connectivity index (χ4v) is 2.68. The van der Waals surface area contributed by atoms with E-state index < -0.39 is 12.5 Å². The number of rotatable bonds is 7. The number of halogens is 3. The molecule has 0 aliphatic heterocycles. The Hall–Kier alpha value is -3.08. The van der Waals surface area contributed by atoms with Crippen molar-refractivity contribution in [3.05, 3.63) is 47.3 Å². The predicted molar refractivity (Wildman–Crippen MR) is 90.2 cm³/mol. The van der Waals surface area contributed by atoms with Gasteiger partial charge in [0.15, 0.2) is 0 Å². The number of carbonyl (C=O) groups is 1. The molecule has 3 aromatic rings. The number of methoxy groups -OCH3 is 1.